The Hall–Kier alpha value is -0.810. The van der Waals surface area contributed by atoms with E-state index in [4.69, 9.17) is 4.42 Å². The Labute approximate surface area is 54.4 Å². The maximum Gasteiger partial charge on any atom is 0.138 e. The average Bonchev–Trinajstić information content (AvgIpc) is 2.33. The molecule has 0 N–H and O–H groups in total. The Bertz CT molecular complexity index is 283. The molecule has 0 bridgehead atoms. The second-order valence-corrected chi connectivity index (χ2v) is 2.77. The summed E-state index contributed by atoms with van der Waals surface area (Å²) in [5.41, 5.74) is 0.999. The topological polar surface area (TPSA) is 13.1 Å². The minimum Gasteiger partial charge on any atom is -0.459 e. The van der Waals surface area contributed by atoms with Crippen molar-refractivity contribution in [3.05, 3.63) is 30.3 Å². The molecule has 1 aromatic carbocycles. The van der Waals surface area contributed by atoms with Crippen molar-refractivity contribution >= 4 is 18.9 Å². The van der Waals surface area contributed by atoms with Crippen LogP contribution in [-0.2, 0) is 0 Å². The minimum absolute atomic E-state index is 0.999. The first kappa shape index (κ1) is 5.01. The van der Waals surface area contributed by atoms with Crippen LogP contribution in [0.5, 0.6) is 0 Å². The second kappa shape index (κ2) is 1.85. The normalized spacial score (nSPS) is 11.1. The van der Waals surface area contributed by atoms with E-state index in [1.54, 1.807) is 5.99 Å². The van der Waals surface area contributed by atoms with E-state index in [2.05, 4.69) is 6.07 Å². The first-order valence-electron chi connectivity index (χ1n) is 2.75. The van der Waals surface area contributed by atoms with Crippen molar-refractivity contribution in [1.29, 1.82) is 0 Å². The van der Waals surface area contributed by atoms with E-state index in [1.165, 1.54) is 13.3 Å². The van der Waals surface area contributed by atoms with Crippen LogP contribution in [0.3, 0.4) is 0 Å². The summed E-state index contributed by atoms with van der Waals surface area (Å²) in [7, 11) is 1.18. The summed E-state index contributed by atoms with van der Waals surface area (Å²) in [6.45, 7) is 0. The van der Waals surface area contributed by atoms with E-state index in [0.29, 0.717) is 0 Å². The van der Waals surface area contributed by atoms with Crippen molar-refractivity contribution in [2.75, 3.05) is 0 Å². The van der Waals surface area contributed by atoms with Crippen molar-refractivity contribution in [3.8, 4) is 0 Å². The summed E-state index contributed by atoms with van der Waals surface area (Å²) in [5, 5.41) is 1.26. The lowest BCUT2D eigenvalue weighted by Gasteiger charge is -1.80. The van der Waals surface area contributed by atoms with Crippen LogP contribution in [0.25, 0.3) is 10.7 Å². The molecule has 0 aliphatic carbocycles. The van der Waals surface area contributed by atoms with Crippen LogP contribution in [0, 0.1) is 0 Å². The number of hydrogen-bond acceptors (Lipinski definition) is 1. The van der Waals surface area contributed by atoms with Gasteiger partial charge in [0.25, 0.3) is 0 Å². The highest BCUT2D eigenvalue weighted by Gasteiger charge is 1.90. The van der Waals surface area contributed by atoms with Gasteiger partial charge in [0, 0.05) is 5.12 Å². The van der Waals surface area contributed by atoms with E-state index in [1.807, 2.05) is 18.2 Å². The number of hydrogen-bond donors (Lipinski definition) is 0. The molecule has 0 saturated carbocycles. The molecule has 0 saturated heterocycles. The summed E-state index contributed by atoms with van der Waals surface area (Å²) in [5.74, 6) is 1.80. The molecule has 44 valence electrons. The van der Waals surface area contributed by atoms with E-state index >= 15 is 0 Å². The third-order valence-corrected chi connectivity index (χ3v) is 2.10. The predicted molar refractivity (Wildman–Crippen MR) is 38.7 cm³/mol. The van der Waals surface area contributed by atoms with E-state index in [0.717, 1.165) is 5.58 Å². The highest BCUT2D eigenvalue weighted by molar-refractivity contribution is 7.35. The van der Waals surface area contributed by atoms with Crippen LogP contribution in [0.1, 0.15) is 0 Å². The van der Waals surface area contributed by atoms with Crippen molar-refractivity contribution in [1.82, 2.24) is 0 Å². The van der Waals surface area contributed by atoms with Gasteiger partial charge in [0.2, 0.25) is 0 Å². The number of benzene rings is 1. The number of para-hydroxylation sites is 1. The van der Waals surface area contributed by atoms with Crippen LogP contribution in [0.4, 0.5) is 0 Å². The van der Waals surface area contributed by atoms with Gasteiger partial charge >= 0.3 is 0 Å². The molecule has 2 rings (SSSR count). The first-order valence-corrected chi connectivity index (χ1v) is 3.71. The number of fused-ring (bicyclic) bond motifs is 1. The molecule has 0 aliphatic rings. The fourth-order valence-corrected chi connectivity index (χ4v) is 1.51. The van der Waals surface area contributed by atoms with Gasteiger partial charge < -0.3 is 4.42 Å². The molecule has 1 heterocycles. The molecule has 9 heavy (non-hydrogen) atoms. The molecular formula is C7H5OP. The Kier molecular flexibility index (Phi) is 1.03. The van der Waals surface area contributed by atoms with Gasteiger partial charge in [-0.1, -0.05) is 12.1 Å². The molecule has 1 nitrogen and oxygen atoms in total. The van der Waals surface area contributed by atoms with Gasteiger partial charge in [-0.3, -0.25) is 0 Å². The molecule has 0 spiro atoms. The third kappa shape index (κ3) is 0.739. The maximum atomic E-state index is 5.16. The Morgan fingerprint density at radius 2 is 2.11 bits per heavy atom. The first-order chi connectivity index (χ1) is 4.47. The molecule has 0 fully saturated rings. The second-order valence-electron chi connectivity index (χ2n) is 1.82. The SMILES string of the molecule is c1ccc2pcoc2c1. The molecule has 0 amide bonds. The molecular weight excluding hydrogens is 131 g/mol. The molecule has 1 aromatic heterocycles. The summed E-state index contributed by atoms with van der Waals surface area (Å²) < 4.78 is 5.16. The van der Waals surface area contributed by atoms with Crippen LogP contribution in [0.15, 0.2) is 34.7 Å². The zero-order valence-electron chi connectivity index (χ0n) is 4.74. The van der Waals surface area contributed by atoms with Gasteiger partial charge in [-0.2, -0.15) is 0 Å². The zero-order valence-corrected chi connectivity index (χ0v) is 5.64. The van der Waals surface area contributed by atoms with Crippen LogP contribution < -0.4 is 0 Å². The largest absolute Gasteiger partial charge is 0.459 e. The molecule has 2 heteroatoms. The third-order valence-electron chi connectivity index (χ3n) is 1.24. The fraction of sp³-hybridized carbons (Fsp3) is 0. The summed E-state index contributed by atoms with van der Waals surface area (Å²) in [4.78, 5) is 0. The standard InChI is InChI=1S/C7H5OP/c1-2-4-7-6(3-1)8-5-9-7/h1-5H. The van der Waals surface area contributed by atoms with Gasteiger partial charge in [-0.05, 0) is 20.3 Å². The lowest BCUT2D eigenvalue weighted by atomic mass is 10.4. The molecule has 0 atom stereocenters. The summed E-state index contributed by atoms with van der Waals surface area (Å²) in [6, 6.07) is 8.05. The molecule has 0 aliphatic heterocycles. The van der Waals surface area contributed by atoms with E-state index in [-0.39, 0.29) is 0 Å². The Morgan fingerprint density at radius 1 is 1.22 bits per heavy atom. The van der Waals surface area contributed by atoms with E-state index < -0.39 is 0 Å². The maximum absolute atomic E-state index is 5.16. The Morgan fingerprint density at radius 3 is 3.00 bits per heavy atom. The Balaban J connectivity index is 2.95. The van der Waals surface area contributed by atoms with Gasteiger partial charge in [-0.15, -0.1) is 0 Å². The lowest BCUT2D eigenvalue weighted by Crippen LogP contribution is -1.55. The fourth-order valence-electron chi connectivity index (χ4n) is 0.803. The van der Waals surface area contributed by atoms with Crippen LogP contribution in [-0.4, -0.2) is 0 Å². The van der Waals surface area contributed by atoms with Crippen molar-refractivity contribution in [3.63, 3.8) is 0 Å². The highest BCUT2D eigenvalue weighted by Crippen LogP contribution is 2.23. The van der Waals surface area contributed by atoms with Crippen LogP contribution >= 0.6 is 8.19 Å². The quantitative estimate of drug-likeness (QED) is 0.542. The van der Waals surface area contributed by atoms with Gasteiger partial charge in [0.05, 0.1) is 0 Å². The van der Waals surface area contributed by atoms with E-state index in [9.17, 15) is 0 Å². The summed E-state index contributed by atoms with van der Waals surface area (Å²) >= 11 is 0. The lowest BCUT2D eigenvalue weighted by molar-refractivity contribution is 0.624. The summed E-state index contributed by atoms with van der Waals surface area (Å²) in [6.07, 6.45) is 0. The minimum atomic E-state index is 0.999. The zero-order chi connectivity index (χ0) is 6.10. The predicted octanol–water partition coefficient (Wildman–Crippen LogP) is 3.01. The van der Waals surface area contributed by atoms with Crippen molar-refractivity contribution in [2.45, 2.75) is 0 Å². The van der Waals surface area contributed by atoms with Gasteiger partial charge in [0.15, 0.2) is 0 Å². The highest BCUT2D eigenvalue weighted by atomic mass is 31.0. The monoisotopic (exact) mass is 136 g/mol. The molecule has 0 radical (unpaired) electrons. The average molecular weight is 136 g/mol. The molecule has 0 unspecified atom stereocenters. The van der Waals surface area contributed by atoms with Gasteiger partial charge in [-0.25, -0.2) is 0 Å². The van der Waals surface area contributed by atoms with Crippen molar-refractivity contribution in [2.24, 2.45) is 0 Å². The molecule has 2 aromatic rings. The van der Waals surface area contributed by atoms with Crippen molar-refractivity contribution < 1.29 is 4.42 Å². The van der Waals surface area contributed by atoms with Gasteiger partial charge in [0.1, 0.15) is 11.6 Å². The number of rotatable bonds is 0. The van der Waals surface area contributed by atoms with Crippen LogP contribution in [0.2, 0.25) is 0 Å². The smallest absolute Gasteiger partial charge is 0.138 e.